The normalized spacial score (nSPS) is 10.1. The molecule has 114 valence electrons. The first kappa shape index (κ1) is 15.8. The van der Waals surface area contributed by atoms with Crippen LogP contribution in [0.15, 0.2) is 42.5 Å². The molecule has 0 radical (unpaired) electrons. The van der Waals surface area contributed by atoms with Crippen molar-refractivity contribution in [1.82, 2.24) is 5.32 Å². The lowest BCUT2D eigenvalue weighted by Crippen LogP contribution is -2.22. The van der Waals surface area contributed by atoms with E-state index < -0.39 is 4.92 Å². The molecule has 0 spiro atoms. The van der Waals surface area contributed by atoms with Gasteiger partial charge in [-0.25, -0.2) is 0 Å². The van der Waals surface area contributed by atoms with Crippen LogP contribution in [0.4, 0.5) is 11.4 Å². The van der Waals surface area contributed by atoms with Gasteiger partial charge in [-0.15, -0.1) is 0 Å². The molecular formula is C15H14ClN3O3. The molecule has 1 amide bonds. The van der Waals surface area contributed by atoms with Gasteiger partial charge in [-0.05, 0) is 29.8 Å². The highest BCUT2D eigenvalue weighted by Gasteiger charge is 2.16. The molecule has 0 bridgehead atoms. The molecule has 2 aromatic carbocycles. The van der Waals surface area contributed by atoms with Gasteiger partial charge >= 0.3 is 0 Å². The van der Waals surface area contributed by atoms with E-state index >= 15 is 0 Å². The van der Waals surface area contributed by atoms with Crippen LogP contribution >= 0.6 is 11.6 Å². The zero-order valence-electron chi connectivity index (χ0n) is 11.8. The molecule has 0 saturated heterocycles. The number of halogens is 1. The Bertz CT molecular complexity index is 719. The molecule has 0 atom stereocenters. The number of nitro benzene ring substituents is 1. The van der Waals surface area contributed by atoms with E-state index in [0.29, 0.717) is 17.3 Å². The Hall–Kier alpha value is -2.60. The summed E-state index contributed by atoms with van der Waals surface area (Å²) in [5, 5.41) is 17.0. The van der Waals surface area contributed by atoms with Crippen LogP contribution in [-0.4, -0.2) is 17.9 Å². The van der Waals surface area contributed by atoms with E-state index in [9.17, 15) is 14.9 Å². The predicted molar refractivity (Wildman–Crippen MR) is 85.3 cm³/mol. The summed E-state index contributed by atoms with van der Waals surface area (Å²) < 4.78 is 0. The third-order valence-corrected chi connectivity index (χ3v) is 3.30. The maximum absolute atomic E-state index is 12.1. The zero-order valence-corrected chi connectivity index (χ0v) is 12.6. The molecule has 0 aromatic heterocycles. The Kier molecular flexibility index (Phi) is 4.95. The fraction of sp³-hybridized carbons (Fsp3) is 0.133. The van der Waals surface area contributed by atoms with Gasteiger partial charge in [0.25, 0.3) is 11.6 Å². The minimum absolute atomic E-state index is 0.141. The van der Waals surface area contributed by atoms with Crippen molar-refractivity contribution in [1.29, 1.82) is 0 Å². The fourth-order valence-electron chi connectivity index (χ4n) is 1.97. The van der Waals surface area contributed by atoms with Gasteiger partial charge in [0, 0.05) is 30.2 Å². The van der Waals surface area contributed by atoms with Crippen LogP contribution in [0.25, 0.3) is 0 Å². The first-order valence-corrected chi connectivity index (χ1v) is 6.88. The number of benzene rings is 2. The van der Waals surface area contributed by atoms with Crippen molar-refractivity contribution in [2.45, 2.75) is 6.54 Å². The van der Waals surface area contributed by atoms with E-state index in [-0.39, 0.29) is 17.2 Å². The molecular weight excluding hydrogens is 306 g/mol. The number of nitrogens with zero attached hydrogens (tertiary/aromatic N) is 1. The van der Waals surface area contributed by atoms with Crippen molar-refractivity contribution in [3.05, 3.63) is 68.7 Å². The summed E-state index contributed by atoms with van der Waals surface area (Å²) in [5.74, 6) is -0.384. The number of nitro groups is 1. The first-order chi connectivity index (χ1) is 10.5. The monoisotopic (exact) mass is 319 g/mol. The summed E-state index contributed by atoms with van der Waals surface area (Å²) in [6, 6.07) is 11.4. The van der Waals surface area contributed by atoms with Crippen LogP contribution in [0.3, 0.4) is 0 Å². The van der Waals surface area contributed by atoms with Crippen LogP contribution in [-0.2, 0) is 6.54 Å². The summed E-state index contributed by atoms with van der Waals surface area (Å²) >= 11 is 5.87. The second kappa shape index (κ2) is 6.91. The Morgan fingerprint density at radius 1 is 1.27 bits per heavy atom. The number of hydrogen-bond donors (Lipinski definition) is 2. The molecule has 2 N–H and O–H groups in total. The lowest BCUT2D eigenvalue weighted by Gasteiger charge is -2.07. The number of rotatable bonds is 5. The molecule has 0 aliphatic rings. The van der Waals surface area contributed by atoms with Crippen molar-refractivity contribution < 1.29 is 9.72 Å². The highest BCUT2D eigenvalue weighted by molar-refractivity contribution is 6.30. The molecule has 0 fully saturated rings. The van der Waals surface area contributed by atoms with E-state index in [1.165, 1.54) is 18.2 Å². The van der Waals surface area contributed by atoms with Crippen LogP contribution in [0.1, 0.15) is 15.9 Å². The summed E-state index contributed by atoms with van der Waals surface area (Å²) in [7, 11) is 1.58. The first-order valence-electron chi connectivity index (χ1n) is 6.50. The highest BCUT2D eigenvalue weighted by Crippen LogP contribution is 2.25. The average Bonchev–Trinajstić information content (AvgIpc) is 2.52. The Morgan fingerprint density at radius 2 is 2.05 bits per heavy atom. The largest absolute Gasteiger partial charge is 0.383 e. The highest BCUT2D eigenvalue weighted by atomic mass is 35.5. The summed E-state index contributed by atoms with van der Waals surface area (Å²) in [4.78, 5) is 22.6. The Morgan fingerprint density at radius 3 is 2.68 bits per heavy atom. The summed E-state index contributed by atoms with van der Waals surface area (Å²) in [6.07, 6.45) is 0. The summed E-state index contributed by atoms with van der Waals surface area (Å²) in [5.41, 5.74) is 1.30. The van der Waals surface area contributed by atoms with Gasteiger partial charge in [-0.2, -0.15) is 0 Å². The van der Waals surface area contributed by atoms with Gasteiger partial charge in [0.05, 0.1) is 4.92 Å². The quantitative estimate of drug-likeness (QED) is 0.654. The van der Waals surface area contributed by atoms with Crippen molar-refractivity contribution in [2.75, 3.05) is 12.4 Å². The molecule has 22 heavy (non-hydrogen) atoms. The van der Waals surface area contributed by atoms with Crippen molar-refractivity contribution >= 4 is 28.9 Å². The van der Waals surface area contributed by atoms with Gasteiger partial charge in [0.1, 0.15) is 5.69 Å². The van der Waals surface area contributed by atoms with Crippen molar-refractivity contribution in [3.8, 4) is 0 Å². The number of carbonyl (C=O) groups excluding carboxylic acids is 1. The standard InChI is InChI=1S/C15H14ClN3O3/c1-17-13-6-5-11(8-14(13)19(21)22)15(20)18-9-10-3-2-4-12(16)7-10/h2-8,17H,9H2,1H3,(H,18,20). The number of amides is 1. The minimum atomic E-state index is -0.528. The Labute approximate surface area is 132 Å². The van der Waals surface area contributed by atoms with Crippen molar-refractivity contribution in [3.63, 3.8) is 0 Å². The summed E-state index contributed by atoms with van der Waals surface area (Å²) in [6.45, 7) is 0.293. The van der Waals surface area contributed by atoms with E-state index in [0.717, 1.165) is 5.56 Å². The second-order valence-electron chi connectivity index (χ2n) is 4.55. The molecule has 7 heteroatoms. The zero-order chi connectivity index (χ0) is 16.1. The smallest absolute Gasteiger partial charge is 0.293 e. The third-order valence-electron chi connectivity index (χ3n) is 3.07. The number of hydrogen-bond acceptors (Lipinski definition) is 4. The second-order valence-corrected chi connectivity index (χ2v) is 4.99. The fourth-order valence-corrected chi connectivity index (χ4v) is 2.18. The Balaban J connectivity index is 2.12. The van der Waals surface area contributed by atoms with E-state index in [1.54, 1.807) is 25.2 Å². The van der Waals surface area contributed by atoms with Crippen LogP contribution in [0, 0.1) is 10.1 Å². The molecule has 0 aliphatic carbocycles. The molecule has 0 saturated carbocycles. The van der Waals surface area contributed by atoms with Crippen molar-refractivity contribution in [2.24, 2.45) is 0 Å². The maximum atomic E-state index is 12.1. The predicted octanol–water partition coefficient (Wildman–Crippen LogP) is 3.22. The molecule has 6 nitrogen and oxygen atoms in total. The van der Waals surface area contributed by atoms with E-state index in [1.807, 2.05) is 6.07 Å². The van der Waals surface area contributed by atoms with Crippen LogP contribution in [0.2, 0.25) is 5.02 Å². The molecule has 2 aromatic rings. The van der Waals surface area contributed by atoms with E-state index in [2.05, 4.69) is 10.6 Å². The van der Waals surface area contributed by atoms with Gasteiger partial charge < -0.3 is 10.6 Å². The number of carbonyl (C=O) groups is 1. The number of nitrogens with one attached hydrogen (secondary N) is 2. The van der Waals surface area contributed by atoms with Crippen LogP contribution < -0.4 is 10.6 Å². The minimum Gasteiger partial charge on any atom is -0.383 e. The SMILES string of the molecule is CNc1ccc(C(=O)NCc2cccc(Cl)c2)cc1[N+](=O)[O-]. The van der Waals surface area contributed by atoms with Gasteiger partial charge in [-0.3, -0.25) is 14.9 Å². The third kappa shape index (κ3) is 3.73. The molecule has 0 aliphatic heterocycles. The van der Waals surface area contributed by atoms with Crippen LogP contribution in [0.5, 0.6) is 0 Å². The molecule has 2 rings (SSSR count). The van der Waals surface area contributed by atoms with E-state index in [4.69, 9.17) is 11.6 Å². The average molecular weight is 320 g/mol. The van der Waals surface area contributed by atoms with Gasteiger partial charge in [0.2, 0.25) is 0 Å². The van der Waals surface area contributed by atoms with Gasteiger partial charge in [0.15, 0.2) is 0 Å². The number of anilines is 1. The lowest BCUT2D eigenvalue weighted by molar-refractivity contribution is -0.384. The maximum Gasteiger partial charge on any atom is 0.293 e. The topological polar surface area (TPSA) is 84.3 Å². The molecule has 0 heterocycles. The van der Waals surface area contributed by atoms with Gasteiger partial charge in [-0.1, -0.05) is 23.7 Å². The molecule has 0 unspecified atom stereocenters. The lowest BCUT2D eigenvalue weighted by atomic mass is 10.1.